The zero-order valence-corrected chi connectivity index (χ0v) is 10.4. The van der Waals surface area contributed by atoms with Crippen LogP contribution in [0.5, 0.6) is 0 Å². The fourth-order valence-corrected chi connectivity index (χ4v) is 2.35. The first-order chi connectivity index (χ1) is 7.65. The Morgan fingerprint density at radius 1 is 1.62 bits per heavy atom. The average molecular weight is 238 g/mol. The highest BCUT2D eigenvalue weighted by Gasteiger charge is 2.14. The van der Waals surface area contributed by atoms with Crippen LogP contribution in [0.3, 0.4) is 0 Å². The lowest BCUT2D eigenvalue weighted by molar-refractivity contribution is 0.0606. The molecule has 2 rings (SSSR count). The Balaban J connectivity index is 2.36. The fourth-order valence-electron chi connectivity index (χ4n) is 1.46. The molecule has 0 aliphatic heterocycles. The molecule has 0 aliphatic rings. The maximum absolute atomic E-state index is 11.3. The summed E-state index contributed by atoms with van der Waals surface area (Å²) in [7, 11) is 1.38. The van der Waals surface area contributed by atoms with E-state index in [1.165, 1.54) is 18.4 Å². The Hall–Kier alpha value is -1.36. The lowest BCUT2D eigenvalue weighted by atomic mass is 10.1. The van der Waals surface area contributed by atoms with Crippen molar-refractivity contribution in [2.45, 2.75) is 26.2 Å². The van der Waals surface area contributed by atoms with Crippen LogP contribution in [-0.2, 0) is 4.74 Å². The number of hydrogen-bond donors (Lipinski definition) is 0. The quantitative estimate of drug-likeness (QED) is 0.772. The van der Waals surface area contributed by atoms with Gasteiger partial charge in [-0.15, -0.1) is 0 Å². The second kappa shape index (κ2) is 4.25. The minimum atomic E-state index is -0.305. The van der Waals surface area contributed by atoms with Crippen LogP contribution in [0.2, 0.25) is 0 Å². The number of thiazole rings is 1. The van der Waals surface area contributed by atoms with Gasteiger partial charge in [0, 0.05) is 12.4 Å². The highest BCUT2D eigenvalue weighted by atomic mass is 32.1. The van der Waals surface area contributed by atoms with Gasteiger partial charge in [-0.1, -0.05) is 25.2 Å². The number of hydrogen-bond acceptors (Lipinski definition) is 4. The number of nitrogens with zero attached hydrogens (tertiary/aromatic N) is 2. The second-order valence-corrected chi connectivity index (χ2v) is 4.76. The van der Waals surface area contributed by atoms with Gasteiger partial charge in [0.25, 0.3) is 0 Å². The van der Waals surface area contributed by atoms with Gasteiger partial charge >= 0.3 is 5.97 Å². The van der Waals surface area contributed by atoms with Crippen LogP contribution in [0.1, 0.15) is 41.6 Å². The van der Waals surface area contributed by atoms with E-state index in [-0.39, 0.29) is 5.97 Å². The van der Waals surface area contributed by atoms with E-state index in [2.05, 4.69) is 23.6 Å². The van der Waals surface area contributed by atoms with E-state index in [9.17, 15) is 4.79 Å². The van der Waals surface area contributed by atoms with E-state index in [1.807, 2.05) is 10.6 Å². The molecule has 0 aliphatic carbocycles. The van der Waals surface area contributed by atoms with Crippen molar-refractivity contribution in [1.29, 1.82) is 0 Å². The molecule has 0 fully saturated rings. The molecule has 0 N–H and O–H groups in total. The highest BCUT2D eigenvalue weighted by molar-refractivity contribution is 7.18. The number of fused-ring (bicyclic) bond motifs is 1. The Morgan fingerprint density at radius 3 is 2.94 bits per heavy atom. The van der Waals surface area contributed by atoms with Gasteiger partial charge in [-0.25, -0.2) is 9.78 Å². The molecule has 86 valence electrons. The van der Waals surface area contributed by atoms with Gasteiger partial charge in [0.05, 0.1) is 12.8 Å². The van der Waals surface area contributed by atoms with Crippen molar-refractivity contribution in [3.8, 4) is 0 Å². The summed E-state index contributed by atoms with van der Waals surface area (Å²) in [5, 5.41) is 0. The average Bonchev–Trinajstić information content (AvgIpc) is 2.84. The van der Waals surface area contributed by atoms with Crippen molar-refractivity contribution >= 4 is 22.3 Å². The summed E-state index contributed by atoms with van der Waals surface area (Å²) in [4.78, 5) is 17.2. The number of rotatable bonds is 3. The van der Waals surface area contributed by atoms with E-state index in [1.54, 1.807) is 6.20 Å². The monoisotopic (exact) mass is 238 g/mol. The standard InChI is InChI=1S/C11H14N2O2S/c1-4-7(2)8-5-13-6-9(10(14)15-3)16-11(13)12-8/h5-7H,4H2,1-3H3. The Labute approximate surface area is 97.9 Å². The topological polar surface area (TPSA) is 43.6 Å². The maximum atomic E-state index is 11.3. The summed E-state index contributed by atoms with van der Waals surface area (Å²) in [6.07, 6.45) is 4.81. The molecule has 0 spiro atoms. The lowest BCUT2D eigenvalue weighted by Crippen LogP contribution is -1.97. The minimum Gasteiger partial charge on any atom is -0.465 e. The first kappa shape index (κ1) is 11.1. The van der Waals surface area contributed by atoms with E-state index in [4.69, 9.17) is 0 Å². The van der Waals surface area contributed by atoms with Crippen molar-refractivity contribution < 1.29 is 9.53 Å². The largest absolute Gasteiger partial charge is 0.465 e. The molecule has 2 aromatic heterocycles. The van der Waals surface area contributed by atoms with E-state index < -0.39 is 0 Å². The maximum Gasteiger partial charge on any atom is 0.349 e. The molecule has 16 heavy (non-hydrogen) atoms. The van der Waals surface area contributed by atoms with E-state index in [0.717, 1.165) is 17.1 Å². The van der Waals surface area contributed by atoms with Crippen molar-refractivity contribution in [3.05, 3.63) is 23.0 Å². The van der Waals surface area contributed by atoms with Gasteiger partial charge in [-0.3, -0.25) is 4.40 Å². The first-order valence-corrected chi connectivity index (χ1v) is 6.04. The zero-order valence-electron chi connectivity index (χ0n) is 9.56. The SMILES string of the molecule is CCC(C)c1cn2cc(C(=O)OC)sc2n1. The molecule has 2 heterocycles. The van der Waals surface area contributed by atoms with Gasteiger partial charge in [0.2, 0.25) is 0 Å². The number of ether oxygens (including phenoxy) is 1. The smallest absolute Gasteiger partial charge is 0.349 e. The van der Waals surface area contributed by atoms with Crippen LogP contribution >= 0.6 is 11.3 Å². The molecule has 0 saturated heterocycles. The van der Waals surface area contributed by atoms with Crippen LogP contribution < -0.4 is 0 Å². The molecule has 0 radical (unpaired) electrons. The molecule has 5 heteroatoms. The van der Waals surface area contributed by atoms with Crippen molar-refractivity contribution in [2.75, 3.05) is 7.11 Å². The predicted molar refractivity (Wildman–Crippen MR) is 63.1 cm³/mol. The number of imidazole rings is 1. The van der Waals surface area contributed by atoms with Crippen LogP contribution in [0.4, 0.5) is 0 Å². The Bertz CT molecular complexity index is 484. The fraction of sp³-hybridized carbons (Fsp3) is 0.455. The van der Waals surface area contributed by atoms with Crippen LogP contribution in [0, 0.1) is 0 Å². The van der Waals surface area contributed by atoms with E-state index >= 15 is 0 Å². The summed E-state index contributed by atoms with van der Waals surface area (Å²) >= 11 is 1.36. The van der Waals surface area contributed by atoms with E-state index in [0.29, 0.717) is 10.8 Å². The van der Waals surface area contributed by atoms with Crippen LogP contribution in [0.25, 0.3) is 4.96 Å². The van der Waals surface area contributed by atoms with Crippen LogP contribution in [-0.4, -0.2) is 22.5 Å². The highest BCUT2D eigenvalue weighted by Crippen LogP contribution is 2.23. The third kappa shape index (κ3) is 1.82. The first-order valence-electron chi connectivity index (χ1n) is 5.22. The molecule has 0 bridgehead atoms. The molecule has 1 unspecified atom stereocenters. The molecule has 1 atom stereocenters. The third-order valence-corrected chi connectivity index (χ3v) is 3.66. The molecular weight excluding hydrogens is 224 g/mol. The van der Waals surface area contributed by atoms with Crippen molar-refractivity contribution in [2.24, 2.45) is 0 Å². The van der Waals surface area contributed by atoms with Gasteiger partial charge < -0.3 is 4.74 Å². The number of methoxy groups -OCH3 is 1. The second-order valence-electron chi connectivity index (χ2n) is 3.75. The van der Waals surface area contributed by atoms with Gasteiger partial charge in [0.15, 0.2) is 4.96 Å². The Kier molecular flexibility index (Phi) is 2.96. The Morgan fingerprint density at radius 2 is 2.38 bits per heavy atom. The summed E-state index contributed by atoms with van der Waals surface area (Å²) < 4.78 is 6.55. The van der Waals surface area contributed by atoms with Gasteiger partial charge in [-0.2, -0.15) is 0 Å². The number of carbonyl (C=O) groups is 1. The number of aromatic nitrogens is 2. The summed E-state index contributed by atoms with van der Waals surface area (Å²) in [6.45, 7) is 4.28. The summed E-state index contributed by atoms with van der Waals surface area (Å²) in [5.74, 6) is 0.147. The summed E-state index contributed by atoms with van der Waals surface area (Å²) in [6, 6.07) is 0. The lowest BCUT2D eigenvalue weighted by Gasteiger charge is -2.01. The molecule has 4 nitrogen and oxygen atoms in total. The van der Waals surface area contributed by atoms with Gasteiger partial charge in [0.1, 0.15) is 4.88 Å². The molecule has 0 saturated carbocycles. The number of esters is 1. The molecular formula is C11H14N2O2S. The molecule has 0 amide bonds. The number of carbonyl (C=O) groups excluding carboxylic acids is 1. The van der Waals surface area contributed by atoms with Gasteiger partial charge in [-0.05, 0) is 12.3 Å². The zero-order chi connectivity index (χ0) is 11.7. The van der Waals surface area contributed by atoms with Crippen LogP contribution in [0.15, 0.2) is 12.4 Å². The predicted octanol–water partition coefficient (Wildman–Crippen LogP) is 2.70. The third-order valence-electron chi connectivity index (χ3n) is 2.68. The normalized spacial score (nSPS) is 12.9. The molecule has 2 aromatic rings. The van der Waals surface area contributed by atoms with Crippen molar-refractivity contribution in [1.82, 2.24) is 9.38 Å². The minimum absolute atomic E-state index is 0.305. The van der Waals surface area contributed by atoms with Crippen molar-refractivity contribution in [3.63, 3.8) is 0 Å². The molecule has 0 aromatic carbocycles. The summed E-state index contributed by atoms with van der Waals surface area (Å²) in [5.41, 5.74) is 1.07.